The molecule has 1 saturated carbocycles. The van der Waals surface area contributed by atoms with Gasteiger partial charge in [-0.25, -0.2) is 9.78 Å². The van der Waals surface area contributed by atoms with Gasteiger partial charge in [0.2, 0.25) is 0 Å². The summed E-state index contributed by atoms with van der Waals surface area (Å²) in [7, 11) is 0. The van der Waals surface area contributed by atoms with E-state index in [9.17, 15) is 22.8 Å². The minimum absolute atomic E-state index is 0.205. The molecule has 3 aliphatic rings. The molecule has 2 amide bonds. The van der Waals surface area contributed by atoms with Crippen molar-refractivity contribution in [3.8, 4) is 0 Å². The predicted molar refractivity (Wildman–Crippen MR) is 109 cm³/mol. The molecule has 11 heteroatoms. The van der Waals surface area contributed by atoms with Crippen LogP contribution in [-0.2, 0) is 17.8 Å². The van der Waals surface area contributed by atoms with Crippen molar-refractivity contribution in [2.75, 3.05) is 19.6 Å². The summed E-state index contributed by atoms with van der Waals surface area (Å²) >= 11 is 0. The van der Waals surface area contributed by atoms with Crippen LogP contribution in [0.4, 0.5) is 18.0 Å². The molecule has 4 rings (SSSR count). The van der Waals surface area contributed by atoms with Crippen LogP contribution in [0.25, 0.3) is 0 Å². The number of halogens is 3. The average molecular weight is 457 g/mol. The van der Waals surface area contributed by atoms with Crippen LogP contribution in [0.5, 0.6) is 0 Å². The van der Waals surface area contributed by atoms with Gasteiger partial charge in [-0.05, 0) is 39.5 Å². The molecule has 0 radical (unpaired) electrons. The Morgan fingerprint density at radius 2 is 1.91 bits per heavy atom. The van der Waals surface area contributed by atoms with Gasteiger partial charge in [0.15, 0.2) is 6.10 Å². The van der Waals surface area contributed by atoms with Gasteiger partial charge < -0.3 is 19.5 Å². The van der Waals surface area contributed by atoms with Crippen molar-refractivity contribution in [3.63, 3.8) is 0 Å². The molecule has 178 valence electrons. The van der Waals surface area contributed by atoms with E-state index in [4.69, 9.17) is 0 Å². The summed E-state index contributed by atoms with van der Waals surface area (Å²) in [6, 6.07) is 0.632. The number of nitrogens with zero attached hydrogens (tertiary/aromatic N) is 4. The van der Waals surface area contributed by atoms with Gasteiger partial charge in [-0.2, -0.15) is 13.2 Å². The van der Waals surface area contributed by atoms with Gasteiger partial charge in [-0.1, -0.05) is 6.42 Å². The van der Waals surface area contributed by atoms with Gasteiger partial charge >= 0.3 is 12.3 Å². The number of alkyl halides is 3. The Labute approximate surface area is 185 Å². The standard InChI is InChI=1S/C21H30F3N5O3/c1-14(21(22,23)24)32-19(31)27-8-6-20(2,7-9-27)26-18(30)16-12-29-11-10-28(13-17(29)25-16)15-4-3-5-15/h12,14-15H,3-11,13H2,1-2H3,(H,26,30). The normalized spacial score (nSPS) is 22.6. The molecule has 0 aromatic carbocycles. The van der Waals surface area contributed by atoms with E-state index in [0.29, 0.717) is 24.6 Å². The number of imidazole rings is 1. The average Bonchev–Trinajstić information content (AvgIpc) is 3.10. The molecule has 2 aliphatic heterocycles. The van der Waals surface area contributed by atoms with E-state index in [1.807, 2.05) is 11.5 Å². The third-order valence-electron chi connectivity index (χ3n) is 6.93. The first-order chi connectivity index (χ1) is 15.0. The fourth-order valence-corrected chi connectivity index (χ4v) is 4.38. The minimum atomic E-state index is -4.59. The Morgan fingerprint density at radius 1 is 1.22 bits per heavy atom. The number of fused-ring (bicyclic) bond motifs is 1. The van der Waals surface area contributed by atoms with Gasteiger partial charge in [-0.3, -0.25) is 9.69 Å². The number of piperidine rings is 1. The molecular formula is C21H30F3N5O3. The predicted octanol–water partition coefficient (Wildman–Crippen LogP) is 2.92. The van der Waals surface area contributed by atoms with Crippen LogP contribution in [0.1, 0.15) is 62.3 Å². The molecular weight excluding hydrogens is 427 g/mol. The maximum Gasteiger partial charge on any atom is 0.425 e. The quantitative estimate of drug-likeness (QED) is 0.752. The van der Waals surface area contributed by atoms with Gasteiger partial charge in [0.05, 0.1) is 6.54 Å². The highest BCUT2D eigenvalue weighted by Crippen LogP contribution is 2.29. The summed E-state index contributed by atoms with van der Waals surface area (Å²) < 4.78 is 44.4. The Kier molecular flexibility index (Phi) is 6.12. The van der Waals surface area contributed by atoms with Gasteiger partial charge in [0, 0.05) is 44.0 Å². The lowest BCUT2D eigenvalue weighted by Crippen LogP contribution is -2.54. The maximum atomic E-state index is 12.9. The summed E-state index contributed by atoms with van der Waals surface area (Å²) in [5.41, 5.74) is -0.205. The van der Waals surface area contributed by atoms with E-state index in [-0.39, 0.29) is 19.0 Å². The van der Waals surface area contributed by atoms with Crippen molar-refractivity contribution in [2.24, 2.45) is 0 Å². The zero-order valence-electron chi connectivity index (χ0n) is 18.5. The fraction of sp³-hybridized carbons (Fsp3) is 0.762. The van der Waals surface area contributed by atoms with Crippen LogP contribution in [0.15, 0.2) is 6.20 Å². The summed E-state index contributed by atoms with van der Waals surface area (Å²) in [4.78, 5) is 33.1. The monoisotopic (exact) mass is 457 g/mol. The number of carbonyl (C=O) groups is 2. The number of aromatic nitrogens is 2. The Bertz CT molecular complexity index is 859. The lowest BCUT2D eigenvalue weighted by atomic mass is 9.89. The molecule has 3 heterocycles. The van der Waals surface area contributed by atoms with Gasteiger partial charge in [0.25, 0.3) is 5.91 Å². The van der Waals surface area contributed by atoms with Gasteiger partial charge in [0.1, 0.15) is 11.5 Å². The maximum absolute atomic E-state index is 12.9. The second-order valence-corrected chi connectivity index (χ2v) is 9.36. The van der Waals surface area contributed by atoms with E-state index in [0.717, 1.165) is 32.4 Å². The summed E-state index contributed by atoms with van der Waals surface area (Å²) in [6.45, 7) is 5.62. The molecule has 1 N–H and O–H groups in total. The first-order valence-corrected chi connectivity index (χ1v) is 11.2. The van der Waals surface area contributed by atoms with Crippen LogP contribution in [0, 0.1) is 0 Å². The molecule has 2 fully saturated rings. The number of ether oxygens (including phenoxy) is 1. The molecule has 8 nitrogen and oxygen atoms in total. The number of nitrogens with one attached hydrogen (secondary N) is 1. The summed E-state index contributed by atoms with van der Waals surface area (Å²) in [5, 5.41) is 3.01. The Hall–Kier alpha value is -2.30. The third kappa shape index (κ3) is 4.87. The SMILES string of the molecule is CC(OC(=O)N1CCC(C)(NC(=O)c2cn3c(n2)CN(C2CCC2)CC3)CC1)C(F)(F)F. The Balaban J connectivity index is 1.30. The van der Waals surface area contributed by atoms with Crippen molar-refractivity contribution in [1.29, 1.82) is 0 Å². The third-order valence-corrected chi connectivity index (χ3v) is 6.93. The highest BCUT2D eigenvalue weighted by atomic mass is 19.4. The number of rotatable bonds is 4. The van der Waals surface area contributed by atoms with Crippen LogP contribution in [0.2, 0.25) is 0 Å². The smallest absolute Gasteiger partial charge is 0.425 e. The molecule has 0 spiro atoms. The lowest BCUT2D eigenvalue weighted by molar-refractivity contribution is -0.200. The number of carbonyl (C=O) groups excluding carboxylic acids is 2. The molecule has 0 bridgehead atoms. The second kappa shape index (κ2) is 8.57. The van der Waals surface area contributed by atoms with E-state index in [2.05, 4.69) is 19.9 Å². The molecule has 1 atom stereocenters. The summed E-state index contributed by atoms with van der Waals surface area (Å²) in [5.74, 6) is 0.626. The van der Waals surface area contributed by atoms with Crippen molar-refractivity contribution in [2.45, 2.75) is 82.9 Å². The fourth-order valence-electron chi connectivity index (χ4n) is 4.38. The van der Waals surface area contributed by atoms with E-state index in [1.165, 1.54) is 24.2 Å². The minimum Gasteiger partial charge on any atom is -0.437 e. The first-order valence-electron chi connectivity index (χ1n) is 11.2. The molecule has 1 saturated heterocycles. The zero-order valence-corrected chi connectivity index (χ0v) is 18.5. The highest BCUT2D eigenvalue weighted by Gasteiger charge is 2.41. The first kappa shape index (κ1) is 22.9. The second-order valence-electron chi connectivity index (χ2n) is 9.36. The Morgan fingerprint density at radius 3 is 2.50 bits per heavy atom. The topological polar surface area (TPSA) is 79.7 Å². The summed E-state index contributed by atoms with van der Waals surface area (Å²) in [6.07, 6.45) is -1.38. The van der Waals surface area contributed by atoms with Crippen molar-refractivity contribution >= 4 is 12.0 Å². The van der Waals surface area contributed by atoms with E-state index < -0.39 is 23.9 Å². The molecule has 1 aromatic rings. The molecule has 1 aromatic heterocycles. The van der Waals surface area contributed by atoms with Crippen LogP contribution >= 0.6 is 0 Å². The number of hydrogen-bond acceptors (Lipinski definition) is 5. The van der Waals surface area contributed by atoms with Gasteiger partial charge in [-0.15, -0.1) is 0 Å². The van der Waals surface area contributed by atoms with Crippen molar-refractivity contribution in [3.05, 3.63) is 17.7 Å². The van der Waals surface area contributed by atoms with Crippen LogP contribution in [0.3, 0.4) is 0 Å². The van der Waals surface area contributed by atoms with Crippen molar-refractivity contribution in [1.82, 2.24) is 24.7 Å². The highest BCUT2D eigenvalue weighted by molar-refractivity contribution is 5.92. The number of likely N-dealkylation sites (tertiary alicyclic amines) is 1. The number of hydrogen-bond donors (Lipinski definition) is 1. The molecule has 1 aliphatic carbocycles. The lowest BCUT2D eigenvalue weighted by Gasteiger charge is -2.39. The van der Waals surface area contributed by atoms with Crippen LogP contribution in [-0.4, -0.2) is 74.8 Å². The van der Waals surface area contributed by atoms with E-state index in [1.54, 1.807) is 6.20 Å². The van der Waals surface area contributed by atoms with Crippen molar-refractivity contribution < 1.29 is 27.5 Å². The molecule has 1 unspecified atom stereocenters. The van der Waals surface area contributed by atoms with Crippen LogP contribution < -0.4 is 5.32 Å². The zero-order chi connectivity index (χ0) is 23.1. The number of amides is 2. The van der Waals surface area contributed by atoms with E-state index >= 15 is 0 Å². The molecule has 32 heavy (non-hydrogen) atoms. The largest absolute Gasteiger partial charge is 0.437 e.